The first-order valence-corrected chi connectivity index (χ1v) is 9.61. The Morgan fingerprint density at radius 2 is 1.88 bits per heavy atom. The second-order valence-electron chi connectivity index (χ2n) is 6.80. The van der Waals surface area contributed by atoms with Crippen LogP contribution in [0.2, 0.25) is 0 Å². The van der Waals surface area contributed by atoms with Crippen molar-refractivity contribution in [2.45, 2.75) is 57.9 Å². The summed E-state index contributed by atoms with van der Waals surface area (Å²) in [6, 6.07) is 10.1. The molecule has 1 aliphatic rings. The summed E-state index contributed by atoms with van der Waals surface area (Å²) in [7, 11) is 3.12. The largest absolute Gasteiger partial charge is 0.469 e. The maximum absolute atomic E-state index is 11.6. The number of benzene rings is 1. The number of carbonyl (C=O) groups is 2. The molecule has 0 saturated heterocycles. The molecule has 5 heteroatoms. The maximum Gasteiger partial charge on any atom is 0.305 e. The van der Waals surface area contributed by atoms with E-state index in [0.29, 0.717) is 12.3 Å². The van der Waals surface area contributed by atoms with E-state index in [-0.39, 0.29) is 23.8 Å². The minimum atomic E-state index is -0.154. The molecule has 3 unspecified atom stereocenters. The molecule has 0 aliphatic heterocycles. The third-order valence-electron chi connectivity index (χ3n) is 5.10. The zero-order valence-corrected chi connectivity index (χ0v) is 16.4. The SMILES string of the molecule is CCC(C(=O)NC)C1CCCCC1N.COC(=O)CCc1ccccc1. The summed E-state index contributed by atoms with van der Waals surface area (Å²) in [6.07, 6.45) is 6.77. The molecular weight excluding hydrogens is 328 g/mol. The van der Waals surface area contributed by atoms with E-state index in [4.69, 9.17) is 5.73 Å². The molecule has 0 spiro atoms. The average Bonchev–Trinajstić information content (AvgIpc) is 2.69. The molecule has 1 aromatic rings. The van der Waals surface area contributed by atoms with Gasteiger partial charge >= 0.3 is 5.97 Å². The van der Waals surface area contributed by atoms with Crippen LogP contribution < -0.4 is 11.1 Å². The second kappa shape index (κ2) is 12.5. The highest BCUT2D eigenvalue weighted by atomic mass is 16.5. The average molecular weight is 363 g/mol. The molecule has 0 bridgehead atoms. The summed E-state index contributed by atoms with van der Waals surface area (Å²) in [5.41, 5.74) is 7.24. The smallest absolute Gasteiger partial charge is 0.305 e. The van der Waals surface area contributed by atoms with Gasteiger partial charge in [-0.15, -0.1) is 0 Å². The lowest BCUT2D eigenvalue weighted by molar-refractivity contribution is -0.140. The quantitative estimate of drug-likeness (QED) is 0.762. The van der Waals surface area contributed by atoms with Crippen LogP contribution in [-0.4, -0.2) is 32.1 Å². The zero-order valence-electron chi connectivity index (χ0n) is 16.4. The Balaban J connectivity index is 0.000000263. The van der Waals surface area contributed by atoms with Crippen LogP contribution in [0.5, 0.6) is 0 Å². The van der Waals surface area contributed by atoms with Gasteiger partial charge in [-0.3, -0.25) is 9.59 Å². The van der Waals surface area contributed by atoms with Crippen molar-refractivity contribution in [2.24, 2.45) is 17.6 Å². The number of rotatable bonds is 6. The van der Waals surface area contributed by atoms with E-state index in [1.165, 1.54) is 25.5 Å². The lowest BCUT2D eigenvalue weighted by atomic mass is 9.75. The predicted molar refractivity (Wildman–Crippen MR) is 105 cm³/mol. The highest BCUT2D eigenvalue weighted by molar-refractivity contribution is 5.78. The van der Waals surface area contributed by atoms with Gasteiger partial charge in [-0.1, -0.05) is 50.1 Å². The molecule has 3 atom stereocenters. The van der Waals surface area contributed by atoms with Gasteiger partial charge in [0.25, 0.3) is 0 Å². The van der Waals surface area contributed by atoms with Gasteiger partial charge in [-0.25, -0.2) is 0 Å². The van der Waals surface area contributed by atoms with Gasteiger partial charge in [0.2, 0.25) is 5.91 Å². The van der Waals surface area contributed by atoms with E-state index < -0.39 is 0 Å². The lowest BCUT2D eigenvalue weighted by Crippen LogP contribution is -2.43. The molecule has 1 amide bonds. The van der Waals surface area contributed by atoms with E-state index in [1.54, 1.807) is 7.05 Å². The topological polar surface area (TPSA) is 81.4 Å². The van der Waals surface area contributed by atoms with Crippen molar-refractivity contribution in [2.75, 3.05) is 14.2 Å². The number of esters is 1. The first-order valence-electron chi connectivity index (χ1n) is 9.61. The molecule has 26 heavy (non-hydrogen) atoms. The van der Waals surface area contributed by atoms with E-state index >= 15 is 0 Å². The molecule has 1 saturated carbocycles. The Labute approximate surface area is 157 Å². The number of amides is 1. The Kier molecular flexibility index (Phi) is 10.6. The number of nitrogens with two attached hydrogens (primary N) is 1. The standard InChI is InChI=1S/C11H22N2O.C10H12O2/c1-3-8(11(14)13-2)9-6-4-5-7-10(9)12;1-12-10(11)8-7-9-5-3-2-4-6-9/h8-10H,3-7,12H2,1-2H3,(H,13,14);2-6H,7-8H2,1H3. The highest BCUT2D eigenvalue weighted by Gasteiger charge is 2.32. The minimum absolute atomic E-state index is 0.121. The first-order chi connectivity index (χ1) is 12.5. The van der Waals surface area contributed by atoms with E-state index in [0.717, 1.165) is 25.7 Å². The van der Waals surface area contributed by atoms with Gasteiger partial charge < -0.3 is 15.8 Å². The summed E-state index contributed by atoms with van der Waals surface area (Å²) in [5.74, 6) is 0.526. The van der Waals surface area contributed by atoms with Gasteiger partial charge in [0, 0.05) is 25.4 Å². The van der Waals surface area contributed by atoms with Crippen molar-refractivity contribution in [3.63, 3.8) is 0 Å². The summed E-state index contributed by atoms with van der Waals surface area (Å²) in [6.45, 7) is 2.07. The van der Waals surface area contributed by atoms with Crippen molar-refractivity contribution in [1.29, 1.82) is 0 Å². The fourth-order valence-corrected chi connectivity index (χ4v) is 3.55. The molecule has 5 nitrogen and oxygen atoms in total. The van der Waals surface area contributed by atoms with Crippen molar-refractivity contribution in [3.05, 3.63) is 35.9 Å². The van der Waals surface area contributed by atoms with Crippen LogP contribution in [0.1, 0.15) is 51.0 Å². The molecule has 1 fully saturated rings. The summed E-state index contributed by atoms with van der Waals surface area (Å²) in [4.78, 5) is 22.4. The zero-order chi connectivity index (χ0) is 19.4. The minimum Gasteiger partial charge on any atom is -0.469 e. The van der Waals surface area contributed by atoms with Crippen LogP contribution >= 0.6 is 0 Å². The molecule has 0 heterocycles. The molecule has 1 aliphatic carbocycles. The third-order valence-corrected chi connectivity index (χ3v) is 5.10. The lowest BCUT2D eigenvalue weighted by Gasteiger charge is -2.33. The molecule has 3 N–H and O–H groups in total. The van der Waals surface area contributed by atoms with Crippen LogP contribution in [0.15, 0.2) is 30.3 Å². The third kappa shape index (κ3) is 7.56. The van der Waals surface area contributed by atoms with Gasteiger partial charge in [0.1, 0.15) is 0 Å². The summed E-state index contributed by atoms with van der Waals surface area (Å²) in [5, 5.41) is 2.74. The number of nitrogens with one attached hydrogen (secondary N) is 1. The Morgan fingerprint density at radius 1 is 1.23 bits per heavy atom. The normalized spacial score (nSPS) is 20.3. The Morgan fingerprint density at radius 3 is 2.42 bits per heavy atom. The van der Waals surface area contributed by atoms with Crippen LogP contribution in [0.4, 0.5) is 0 Å². The summed E-state index contributed by atoms with van der Waals surface area (Å²) < 4.78 is 4.53. The van der Waals surface area contributed by atoms with E-state index in [1.807, 2.05) is 30.3 Å². The van der Waals surface area contributed by atoms with Crippen molar-refractivity contribution >= 4 is 11.9 Å². The molecule has 0 aromatic heterocycles. The predicted octanol–water partition coefficient (Wildman–Crippen LogP) is 3.07. The number of hydrogen-bond acceptors (Lipinski definition) is 4. The van der Waals surface area contributed by atoms with Gasteiger partial charge in [-0.05, 0) is 37.2 Å². The number of ether oxygens (including phenoxy) is 1. The van der Waals surface area contributed by atoms with Gasteiger partial charge in [-0.2, -0.15) is 0 Å². The maximum atomic E-state index is 11.6. The number of carbonyl (C=O) groups excluding carboxylic acids is 2. The van der Waals surface area contributed by atoms with E-state index in [2.05, 4.69) is 17.0 Å². The Hall–Kier alpha value is -1.88. The van der Waals surface area contributed by atoms with E-state index in [9.17, 15) is 9.59 Å². The van der Waals surface area contributed by atoms with Crippen LogP contribution in [0.3, 0.4) is 0 Å². The fraction of sp³-hybridized carbons (Fsp3) is 0.619. The molecule has 146 valence electrons. The second-order valence-corrected chi connectivity index (χ2v) is 6.80. The molecule has 0 radical (unpaired) electrons. The summed E-state index contributed by atoms with van der Waals surface area (Å²) >= 11 is 0. The molecule has 1 aromatic carbocycles. The van der Waals surface area contributed by atoms with Crippen LogP contribution in [-0.2, 0) is 20.7 Å². The van der Waals surface area contributed by atoms with Crippen LogP contribution in [0.25, 0.3) is 0 Å². The van der Waals surface area contributed by atoms with Crippen molar-refractivity contribution in [1.82, 2.24) is 5.32 Å². The number of hydrogen-bond donors (Lipinski definition) is 2. The first kappa shape index (κ1) is 22.2. The molecule has 2 rings (SSSR count). The van der Waals surface area contributed by atoms with Gasteiger partial charge in [0.05, 0.1) is 7.11 Å². The molecular formula is C21H34N2O3. The number of aryl methyl sites for hydroxylation is 1. The number of methoxy groups -OCH3 is 1. The highest BCUT2D eigenvalue weighted by Crippen LogP contribution is 2.31. The fourth-order valence-electron chi connectivity index (χ4n) is 3.55. The Bertz CT molecular complexity index is 533. The van der Waals surface area contributed by atoms with Crippen molar-refractivity contribution < 1.29 is 14.3 Å². The van der Waals surface area contributed by atoms with Crippen molar-refractivity contribution in [3.8, 4) is 0 Å². The van der Waals surface area contributed by atoms with Gasteiger partial charge in [0.15, 0.2) is 0 Å². The monoisotopic (exact) mass is 362 g/mol. The van der Waals surface area contributed by atoms with Crippen LogP contribution in [0, 0.1) is 11.8 Å².